The van der Waals surface area contributed by atoms with Crippen molar-refractivity contribution in [3.05, 3.63) is 51.6 Å². The van der Waals surface area contributed by atoms with Gasteiger partial charge >= 0.3 is 0 Å². The maximum atomic E-state index is 13.1. The van der Waals surface area contributed by atoms with E-state index < -0.39 is 0 Å². The van der Waals surface area contributed by atoms with Crippen molar-refractivity contribution in [2.45, 2.75) is 90.6 Å². The predicted molar refractivity (Wildman–Crippen MR) is 131 cm³/mol. The minimum absolute atomic E-state index is 0.0115. The third-order valence-corrected chi connectivity index (χ3v) is 7.44. The summed E-state index contributed by atoms with van der Waals surface area (Å²) in [4.78, 5) is 18.7. The number of H-pyrrole nitrogens is 1. The number of nitrogens with one attached hydrogen (secondary N) is 1. The first-order chi connectivity index (χ1) is 16.5. The molecule has 0 amide bonds. The molecule has 8 nitrogen and oxygen atoms in total. The average Bonchev–Trinajstić information content (AvgIpc) is 3.58. The minimum atomic E-state index is -0.0115. The molecule has 2 fully saturated rings. The number of nitrogens with zero attached hydrogens (tertiary/aromatic N) is 5. The number of hydrogen-bond donors (Lipinski definition) is 1. The summed E-state index contributed by atoms with van der Waals surface area (Å²) in [5.41, 5.74) is 2.82. The molecule has 0 radical (unpaired) electrons. The molecule has 2 atom stereocenters. The van der Waals surface area contributed by atoms with Gasteiger partial charge in [-0.05, 0) is 72.0 Å². The van der Waals surface area contributed by atoms with Crippen LogP contribution in [0.4, 0.5) is 0 Å². The summed E-state index contributed by atoms with van der Waals surface area (Å²) in [7, 11) is 0. The lowest BCUT2D eigenvalue weighted by Gasteiger charge is -2.38. The van der Waals surface area contributed by atoms with E-state index >= 15 is 0 Å². The summed E-state index contributed by atoms with van der Waals surface area (Å²) < 4.78 is 7.81. The monoisotopic (exact) mass is 464 g/mol. The van der Waals surface area contributed by atoms with E-state index in [9.17, 15) is 4.79 Å². The molecule has 1 saturated heterocycles. The molecule has 1 aromatic carbocycles. The van der Waals surface area contributed by atoms with E-state index in [4.69, 9.17) is 4.74 Å². The van der Waals surface area contributed by atoms with Gasteiger partial charge in [0, 0.05) is 30.3 Å². The second kappa shape index (κ2) is 9.96. The lowest BCUT2D eigenvalue weighted by Crippen LogP contribution is -2.41. The van der Waals surface area contributed by atoms with E-state index in [0.29, 0.717) is 19.1 Å². The third-order valence-electron chi connectivity index (χ3n) is 7.44. The van der Waals surface area contributed by atoms with E-state index in [2.05, 4.69) is 57.5 Å². The van der Waals surface area contributed by atoms with Crippen LogP contribution in [0.5, 0.6) is 0 Å². The van der Waals surface area contributed by atoms with Crippen molar-refractivity contribution >= 4 is 10.9 Å². The number of pyridine rings is 1. The van der Waals surface area contributed by atoms with Crippen LogP contribution in [0.25, 0.3) is 10.9 Å². The zero-order valence-electron chi connectivity index (χ0n) is 20.5. The van der Waals surface area contributed by atoms with Crippen LogP contribution in [0.3, 0.4) is 0 Å². The number of fused-ring (bicyclic) bond motifs is 1. The van der Waals surface area contributed by atoms with Gasteiger partial charge in [-0.15, -0.1) is 5.10 Å². The van der Waals surface area contributed by atoms with Gasteiger partial charge in [0.1, 0.15) is 0 Å². The van der Waals surface area contributed by atoms with Crippen molar-refractivity contribution in [1.82, 2.24) is 30.1 Å². The SMILES string of the molecule is Cc1ccc2cc(CN(C3CCCC3)[C@@H](c3nnnn3C[C@H]3CCCO3)C(C)C)c(=O)[nH]c2c1. The Morgan fingerprint density at radius 3 is 2.74 bits per heavy atom. The maximum absolute atomic E-state index is 13.1. The fourth-order valence-electron chi connectivity index (χ4n) is 5.73. The van der Waals surface area contributed by atoms with Crippen LogP contribution in [-0.4, -0.2) is 48.8 Å². The van der Waals surface area contributed by atoms with E-state index in [1.54, 1.807) is 0 Å². The third kappa shape index (κ3) is 4.79. The van der Waals surface area contributed by atoms with Gasteiger partial charge in [-0.2, -0.15) is 0 Å². The lowest BCUT2D eigenvalue weighted by atomic mass is 9.97. The molecule has 0 spiro atoms. The Bertz CT molecular complexity index is 1170. The van der Waals surface area contributed by atoms with E-state index in [1.165, 1.54) is 12.8 Å². The number of aromatic nitrogens is 5. The van der Waals surface area contributed by atoms with Crippen LogP contribution in [0.2, 0.25) is 0 Å². The second-order valence-electron chi connectivity index (χ2n) is 10.4. The van der Waals surface area contributed by atoms with Crippen molar-refractivity contribution < 1.29 is 4.74 Å². The highest BCUT2D eigenvalue weighted by molar-refractivity contribution is 5.79. The Hall–Kier alpha value is -2.58. The lowest BCUT2D eigenvalue weighted by molar-refractivity contribution is 0.0718. The molecule has 1 N–H and O–H groups in total. The van der Waals surface area contributed by atoms with Crippen molar-refractivity contribution in [2.75, 3.05) is 6.61 Å². The molecule has 3 heterocycles. The van der Waals surface area contributed by atoms with Crippen LogP contribution in [0.15, 0.2) is 29.1 Å². The summed E-state index contributed by atoms with van der Waals surface area (Å²) in [5, 5.41) is 14.0. The van der Waals surface area contributed by atoms with E-state index in [1.807, 2.05) is 17.7 Å². The van der Waals surface area contributed by atoms with Crippen LogP contribution in [-0.2, 0) is 17.8 Å². The van der Waals surface area contributed by atoms with Gasteiger partial charge in [0.05, 0.1) is 18.7 Å². The molecule has 2 aliphatic rings. The molecule has 2 aromatic heterocycles. The largest absolute Gasteiger partial charge is 0.376 e. The van der Waals surface area contributed by atoms with Crippen LogP contribution in [0.1, 0.15) is 75.4 Å². The average molecular weight is 465 g/mol. The summed E-state index contributed by atoms with van der Waals surface area (Å²) >= 11 is 0. The molecule has 1 aliphatic heterocycles. The Labute approximate surface area is 200 Å². The molecule has 3 aromatic rings. The van der Waals surface area contributed by atoms with E-state index in [0.717, 1.165) is 60.1 Å². The molecule has 8 heteroatoms. The summed E-state index contributed by atoms with van der Waals surface area (Å²) in [6, 6.07) is 8.70. The first-order valence-electron chi connectivity index (χ1n) is 12.8. The Morgan fingerprint density at radius 1 is 1.18 bits per heavy atom. The highest BCUT2D eigenvalue weighted by atomic mass is 16.5. The van der Waals surface area contributed by atoms with Gasteiger partial charge in [0.25, 0.3) is 5.56 Å². The van der Waals surface area contributed by atoms with Crippen molar-refractivity contribution in [1.29, 1.82) is 0 Å². The summed E-state index contributed by atoms with van der Waals surface area (Å²) in [6.45, 7) is 8.57. The van der Waals surface area contributed by atoms with Crippen molar-refractivity contribution in [2.24, 2.45) is 5.92 Å². The highest BCUT2D eigenvalue weighted by Gasteiger charge is 2.36. The fourth-order valence-corrected chi connectivity index (χ4v) is 5.73. The number of hydrogen-bond acceptors (Lipinski definition) is 6. The van der Waals surface area contributed by atoms with Crippen LogP contribution in [0, 0.1) is 12.8 Å². The zero-order valence-corrected chi connectivity index (χ0v) is 20.5. The molecule has 1 aliphatic carbocycles. The number of aryl methyl sites for hydroxylation is 1. The van der Waals surface area contributed by atoms with Gasteiger partial charge in [-0.1, -0.05) is 38.8 Å². The maximum Gasteiger partial charge on any atom is 0.252 e. The Morgan fingerprint density at radius 2 is 2.00 bits per heavy atom. The Kier molecular flexibility index (Phi) is 6.79. The van der Waals surface area contributed by atoms with Gasteiger partial charge < -0.3 is 9.72 Å². The molecular weight excluding hydrogens is 428 g/mol. The smallest absolute Gasteiger partial charge is 0.252 e. The standard InChI is InChI=1S/C26H36N6O2/c1-17(2)24(25-28-29-30-32(25)16-22-9-6-12-34-22)31(21-7-4-5-8-21)15-20-14-19-11-10-18(3)13-23(19)27-26(20)33/h10-11,13-14,17,21-22,24H,4-9,12,15-16H2,1-3H3,(H,27,33)/t22-,24-/m1/s1. The molecule has 34 heavy (non-hydrogen) atoms. The number of ether oxygens (including phenoxy) is 1. The number of benzene rings is 1. The van der Waals surface area contributed by atoms with Gasteiger partial charge in [0.2, 0.25) is 0 Å². The highest BCUT2D eigenvalue weighted by Crippen LogP contribution is 2.36. The second-order valence-corrected chi connectivity index (χ2v) is 10.4. The minimum Gasteiger partial charge on any atom is -0.376 e. The number of aromatic amines is 1. The van der Waals surface area contributed by atoms with Gasteiger partial charge in [-0.3, -0.25) is 9.69 Å². The van der Waals surface area contributed by atoms with E-state index in [-0.39, 0.29) is 23.6 Å². The molecule has 1 saturated carbocycles. The van der Waals surface area contributed by atoms with Crippen LogP contribution < -0.4 is 5.56 Å². The molecule has 0 bridgehead atoms. The topological polar surface area (TPSA) is 88.9 Å². The summed E-state index contributed by atoms with van der Waals surface area (Å²) in [6.07, 6.45) is 7.03. The van der Waals surface area contributed by atoms with Gasteiger partial charge in [0.15, 0.2) is 5.82 Å². The van der Waals surface area contributed by atoms with Crippen LogP contribution >= 0.6 is 0 Å². The number of rotatable bonds is 8. The molecule has 0 unspecified atom stereocenters. The number of tetrazole rings is 1. The fraction of sp³-hybridized carbons (Fsp3) is 0.615. The quantitative estimate of drug-likeness (QED) is 0.539. The van der Waals surface area contributed by atoms with Crippen molar-refractivity contribution in [3.63, 3.8) is 0 Å². The Balaban J connectivity index is 1.50. The molecule has 5 rings (SSSR count). The van der Waals surface area contributed by atoms with Crippen molar-refractivity contribution in [3.8, 4) is 0 Å². The van der Waals surface area contributed by atoms with Gasteiger partial charge in [-0.25, -0.2) is 4.68 Å². The molecule has 182 valence electrons. The first-order valence-corrected chi connectivity index (χ1v) is 12.8. The predicted octanol–water partition coefficient (Wildman–Crippen LogP) is 4.14. The normalized spacial score (nSPS) is 20.2. The zero-order chi connectivity index (χ0) is 23.7. The first kappa shape index (κ1) is 23.2. The summed E-state index contributed by atoms with van der Waals surface area (Å²) in [5.74, 6) is 1.17. The molecular formula is C26H36N6O2.